The minimum atomic E-state index is -0.609. The van der Waals surface area contributed by atoms with Crippen LogP contribution >= 0.6 is 22.6 Å². The summed E-state index contributed by atoms with van der Waals surface area (Å²) in [5, 5.41) is 8.74. The second kappa shape index (κ2) is 6.89. The van der Waals surface area contributed by atoms with E-state index in [1.165, 1.54) is 6.92 Å². The van der Waals surface area contributed by atoms with Crippen molar-refractivity contribution in [2.45, 2.75) is 6.92 Å². The number of hydrogen-bond donors (Lipinski definition) is 1. The Morgan fingerprint density at radius 3 is 2.58 bits per heavy atom. The van der Waals surface area contributed by atoms with E-state index in [0.717, 1.165) is 3.57 Å². The van der Waals surface area contributed by atoms with Crippen molar-refractivity contribution in [3.8, 4) is 6.07 Å². The smallest absolute Gasteiger partial charge is 0.339 e. The summed E-state index contributed by atoms with van der Waals surface area (Å²) >= 11 is 2.00. The number of ketones is 1. The fourth-order valence-electron chi connectivity index (χ4n) is 1.28. The third-order valence-electron chi connectivity index (χ3n) is 2.21. The largest absolute Gasteiger partial charge is 0.454 e. The molecule has 0 aliphatic rings. The molecule has 0 bridgehead atoms. The van der Waals surface area contributed by atoms with Gasteiger partial charge in [0.1, 0.15) is 11.6 Å². The first kappa shape index (κ1) is 15.2. The molecule has 6 heteroatoms. The molecule has 0 fully saturated rings. The number of nitrogens with two attached hydrogens (primary N) is 1. The second-order valence-electron chi connectivity index (χ2n) is 3.65. The van der Waals surface area contributed by atoms with Crippen LogP contribution in [-0.2, 0) is 9.53 Å². The molecule has 98 valence electrons. The fraction of sp³-hybridized carbons (Fsp3) is 0.154. The van der Waals surface area contributed by atoms with Crippen LogP contribution in [0.15, 0.2) is 35.5 Å². The summed E-state index contributed by atoms with van der Waals surface area (Å²) in [5.41, 5.74) is 5.69. The fourth-order valence-corrected chi connectivity index (χ4v) is 1.89. The van der Waals surface area contributed by atoms with Crippen molar-refractivity contribution >= 4 is 34.3 Å². The number of hydrogen-bond acceptors (Lipinski definition) is 5. The van der Waals surface area contributed by atoms with Crippen LogP contribution in [0.25, 0.3) is 0 Å². The number of nitriles is 1. The molecule has 0 saturated carbocycles. The van der Waals surface area contributed by atoms with Crippen molar-refractivity contribution < 1.29 is 14.3 Å². The Kier molecular flexibility index (Phi) is 5.51. The third-order valence-corrected chi connectivity index (χ3v) is 3.15. The van der Waals surface area contributed by atoms with Crippen molar-refractivity contribution in [3.63, 3.8) is 0 Å². The minimum Gasteiger partial charge on any atom is -0.454 e. The van der Waals surface area contributed by atoms with E-state index in [9.17, 15) is 9.59 Å². The second-order valence-corrected chi connectivity index (χ2v) is 4.81. The van der Waals surface area contributed by atoms with Crippen LogP contribution in [0.5, 0.6) is 0 Å². The van der Waals surface area contributed by atoms with Crippen LogP contribution in [0, 0.1) is 14.9 Å². The van der Waals surface area contributed by atoms with Gasteiger partial charge in [-0.3, -0.25) is 4.79 Å². The van der Waals surface area contributed by atoms with E-state index in [2.05, 4.69) is 0 Å². The summed E-state index contributed by atoms with van der Waals surface area (Å²) in [5.74, 6) is -1.22. The van der Waals surface area contributed by atoms with Gasteiger partial charge in [-0.15, -0.1) is 0 Å². The Morgan fingerprint density at radius 2 is 2.05 bits per heavy atom. The molecule has 0 radical (unpaired) electrons. The number of ether oxygens (including phenoxy) is 1. The SMILES string of the molecule is C/C(N)=C(\C#N)C(=O)COC(=O)c1ccccc1I. The maximum Gasteiger partial charge on any atom is 0.339 e. The Hall–Kier alpha value is -1.88. The molecule has 0 saturated heterocycles. The van der Waals surface area contributed by atoms with Gasteiger partial charge in [0.15, 0.2) is 6.61 Å². The number of carbonyl (C=O) groups excluding carboxylic acids is 2. The van der Waals surface area contributed by atoms with Crippen molar-refractivity contribution in [3.05, 3.63) is 44.7 Å². The van der Waals surface area contributed by atoms with E-state index >= 15 is 0 Å². The van der Waals surface area contributed by atoms with Crippen LogP contribution in [0.4, 0.5) is 0 Å². The molecule has 0 unspecified atom stereocenters. The molecule has 0 aromatic heterocycles. The number of halogens is 1. The zero-order valence-corrected chi connectivity index (χ0v) is 12.3. The van der Waals surface area contributed by atoms with E-state index < -0.39 is 18.4 Å². The normalized spacial score (nSPS) is 11.2. The lowest BCUT2D eigenvalue weighted by molar-refractivity contribution is -0.118. The molecule has 1 rings (SSSR count). The average Bonchev–Trinajstić information content (AvgIpc) is 2.37. The van der Waals surface area contributed by atoms with Gasteiger partial charge in [-0.2, -0.15) is 5.26 Å². The maximum atomic E-state index is 11.7. The van der Waals surface area contributed by atoms with Gasteiger partial charge in [0.2, 0.25) is 5.78 Å². The van der Waals surface area contributed by atoms with Crippen LogP contribution in [0.3, 0.4) is 0 Å². The molecule has 0 aliphatic carbocycles. The lowest BCUT2D eigenvalue weighted by atomic mass is 10.1. The maximum absolute atomic E-state index is 11.7. The van der Waals surface area contributed by atoms with Gasteiger partial charge < -0.3 is 10.5 Å². The summed E-state index contributed by atoms with van der Waals surface area (Å²) in [4.78, 5) is 23.3. The van der Waals surface area contributed by atoms with E-state index in [-0.39, 0.29) is 11.3 Å². The molecule has 0 spiro atoms. The molecule has 5 nitrogen and oxygen atoms in total. The van der Waals surface area contributed by atoms with Gasteiger partial charge in [0.05, 0.1) is 5.56 Å². The quantitative estimate of drug-likeness (QED) is 0.377. The van der Waals surface area contributed by atoms with Crippen LogP contribution in [-0.4, -0.2) is 18.4 Å². The van der Waals surface area contributed by atoms with Crippen molar-refractivity contribution in [1.82, 2.24) is 0 Å². The number of benzene rings is 1. The van der Waals surface area contributed by atoms with Gasteiger partial charge in [0.25, 0.3) is 0 Å². The van der Waals surface area contributed by atoms with Crippen LogP contribution in [0.1, 0.15) is 17.3 Å². The Bertz CT molecular complexity index is 584. The van der Waals surface area contributed by atoms with Crippen LogP contribution in [0.2, 0.25) is 0 Å². The minimum absolute atomic E-state index is 0.109. The Labute approximate surface area is 124 Å². The number of allylic oxidation sites excluding steroid dienone is 1. The predicted octanol–water partition coefficient (Wildman–Crippen LogP) is 1.77. The highest BCUT2D eigenvalue weighted by molar-refractivity contribution is 14.1. The molecule has 0 amide bonds. The van der Waals surface area contributed by atoms with Gasteiger partial charge >= 0.3 is 5.97 Å². The van der Waals surface area contributed by atoms with Gasteiger partial charge in [-0.25, -0.2) is 4.79 Å². The van der Waals surface area contributed by atoms with Crippen LogP contribution < -0.4 is 5.73 Å². The first-order chi connectivity index (χ1) is 8.97. The van der Waals surface area contributed by atoms with Gasteiger partial charge in [0, 0.05) is 9.27 Å². The first-order valence-corrected chi connectivity index (χ1v) is 6.36. The predicted molar refractivity (Wildman–Crippen MR) is 76.9 cm³/mol. The summed E-state index contributed by atoms with van der Waals surface area (Å²) < 4.78 is 5.60. The number of rotatable bonds is 4. The number of esters is 1. The first-order valence-electron chi connectivity index (χ1n) is 5.28. The Balaban J connectivity index is 2.72. The lowest BCUT2D eigenvalue weighted by Gasteiger charge is -2.05. The molecule has 2 N–H and O–H groups in total. The highest BCUT2D eigenvalue weighted by Crippen LogP contribution is 2.12. The third kappa shape index (κ3) is 4.06. The van der Waals surface area contributed by atoms with E-state index in [0.29, 0.717) is 5.56 Å². The molecule has 0 aliphatic heterocycles. The van der Waals surface area contributed by atoms with Crippen molar-refractivity contribution in [1.29, 1.82) is 5.26 Å². The summed E-state index contributed by atoms with van der Waals surface area (Å²) in [6, 6.07) is 8.53. The number of Topliss-reactive ketones (excluding diaryl/α,β-unsaturated/α-hetero) is 1. The molecule has 19 heavy (non-hydrogen) atoms. The molecular formula is C13H11IN2O3. The van der Waals surface area contributed by atoms with E-state index in [4.69, 9.17) is 15.7 Å². The van der Waals surface area contributed by atoms with Gasteiger partial charge in [-0.1, -0.05) is 12.1 Å². The summed E-state index contributed by atoms with van der Waals surface area (Å²) in [7, 11) is 0. The summed E-state index contributed by atoms with van der Waals surface area (Å²) in [6.07, 6.45) is 0. The summed E-state index contributed by atoms with van der Waals surface area (Å²) in [6.45, 7) is 0.944. The van der Waals surface area contributed by atoms with Gasteiger partial charge in [-0.05, 0) is 41.6 Å². The van der Waals surface area contributed by atoms with Crippen molar-refractivity contribution in [2.24, 2.45) is 5.73 Å². The topological polar surface area (TPSA) is 93.2 Å². The number of carbonyl (C=O) groups is 2. The zero-order valence-electron chi connectivity index (χ0n) is 10.1. The molecule has 1 aromatic rings. The Morgan fingerprint density at radius 1 is 1.42 bits per heavy atom. The molecule has 1 aromatic carbocycles. The lowest BCUT2D eigenvalue weighted by Crippen LogP contribution is -2.18. The van der Waals surface area contributed by atoms with E-state index in [1.54, 1.807) is 30.3 Å². The number of nitrogens with zero attached hydrogens (tertiary/aromatic N) is 1. The average molecular weight is 370 g/mol. The zero-order chi connectivity index (χ0) is 14.4. The highest BCUT2D eigenvalue weighted by Gasteiger charge is 2.16. The highest BCUT2D eigenvalue weighted by atomic mass is 127. The molecular weight excluding hydrogens is 359 g/mol. The van der Waals surface area contributed by atoms with Crippen molar-refractivity contribution in [2.75, 3.05) is 6.61 Å². The standard InChI is InChI=1S/C13H11IN2O3/c1-8(16)10(6-15)12(17)7-19-13(18)9-4-2-3-5-11(9)14/h2-5H,7,16H2,1H3/b10-8-. The van der Waals surface area contributed by atoms with E-state index in [1.807, 2.05) is 22.6 Å². The molecule has 0 atom stereocenters. The molecule has 0 heterocycles. The monoisotopic (exact) mass is 370 g/mol.